The normalized spacial score (nSPS) is 14.0. The van der Waals surface area contributed by atoms with E-state index in [-0.39, 0.29) is 19.4 Å². The zero-order valence-electron chi connectivity index (χ0n) is 28.6. The molecule has 0 bridgehead atoms. The van der Waals surface area contributed by atoms with E-state index in [0.717, 1.165) is 49.8 Å². The van der Waals surface area contributed by atoms with E-state index in [1.54, 1.807) is 30.3 Å². The molecule has 0 aliphatic carbocycles. The minimum absolute atomic E-state index is 0.0652. The number of esters is 1. The topological polar surface area (TPSA) is 131 Å². The number of benzene rings is 1. The van der Waals surface area contributed by atoms with E-state index in [1.165, 1.54) is 58.2 Å². The van der Waals surface area contributed by atoms with Crippen molar-refractivity contribution in [2.45, 2.75) is 115 Å². The van der Waals surface area contributed by atoms with Crippen molar-refractivity contribution < 1.29 is 38.8 Å². The molecule has 0 unspecified atom stereocenters. The molecule has 0 saturated carbocycles. The van der Waals surface area contributed by atoms with E-state index in [2.05, 4.69) is 19.2 Å². The number of carbonyl (C=O) groups is 3. The van der Waals surface area contributed by atoms with Gasteiger partial charge < -0.3 is 29.7 Å². The van der Waals surface area contributed by atoms with E-state index >= 15 is 0 Å². The smallest absolute Gasteiger partial charge is 0.336 e. The Morgan fingerprint density at radius 2 is 1.52 bits per heavy atom. The minimum atomic E-state index is -2.43. The number of carbonyl (C=O) groups excluding carboxylic acids is 2. The van der Waals surface area contributed by atoms with Crippen LogP contribution >= 0.6 is 11.8 Å². The van der Waals surface area contributed by atoms with Gasteiger partial charge in [-0.2, -0.15) is 11.8 Å². The van der Waals surface area contributed by atoms with Gasteiger partial charge in [-0.25, -0.2) is 9.59 Å². The molecule has 10 heteroatoms. The lowest BCUT2D eigenvalue weighted by atomic mass is 9.83. The standard InChI is InChI=1S/C36H59NO8S/c1-5-7-9-13-16-26-46-27-17-14-11-10-12-15-18-31(36(42,35(40)41)23-25-43-3)33(38)37-32(34(39)44-4)28-29-19-21-30(22-20-29)45-24-8-6-2/h15,18-22,31-32,42H,5-14,16-17,23-28H2,1-4H3,(H,37,38)(H,40,41)/b18-15+/t31-,32+,36+/m1/s1. The highest BCUT2D eigenvalue weighted by atomic mass is 32.2. The van der Waals surface area contributed by atoms with Gasteiger partial charge in [0.05, 0.1) is 19.6 Å². The van der Waals surface area contributed by atoms with Gasteiger partial charge in [0, 0.05) is 26.6 Å². The van der Waals surface area contributed by atoms with E-state index in [0.29, 0.717) is 18.8 Å². The van der Waals surface area contributed by atoms with Crippen LogP contribution in [0.2, 0.25) is 0 Å². The number of hydrogen-bond acceptors (Lipinski definition) is 8. The zero-order chi connectivity index (χ0) is 34.0. The number of unbranched alkanes of at least 4 members (excludes halogenated alkanes) is 9. The largest absolute Gasteiger partial charge is 0.494 e. The van der Waals surface area contributed by atoms with Gasteiger partial charge in [-0.1, -0.05) is 83.1 Å². The summed E-state index contributed by atoms with van der Waals surface area (Å²) in [6.45, 7) is 4.86. The summed E-state index contributed by atoms with van der Waals surface area (Å²) >= 11 is 2.02. The third-order valence-corrected chi connectivity index (χ3v) is 9.07. The van der Waals surface area contributed by atoms with Crippen LogP contribution in [-0.2, 0) is 30.3 Å². The molecule has 0 aliphatic heterocycles. The van der Waals surface area contributed by atoms with Crippen molar-refractivity contribution in [1.29, 1.82) is 0 Å². The fraction of sp³-hybridized carbons (Fsp3) is 0.694. The van der Waals surface area contributed by atoms with E-state index < -0.39 is 35.4 Å². The van der Waals surface area contributed by atoms with Gasteiger partial charge in [-0.15, -0.1) is 0 Å². The predicted molar refractivity (Wildman–Crippen MR) is 185 cm³/mol. The molecule has 0 aliphatic rings. The molecule has 46 heavy (non-hydrogen) atoms. The molecule has 3 atom stereocenters. The fourth-order valence-corrected chi connectivity index (χ4v) is 5.99. The van der Waals surface area contributed by atoms with Crippen LogP contribution in [0.5, 0.6) is 5.75 Å². The molecule has 262 valence electrons. The van der Waals surface area contributed by atoms with E-state index in [4.69, 9.17) is 14.2 Å². The van der Waals surface area contributed by atoms with Crippen LogP contribution in [0, 0.1) is 5.92 Å². The number of ether oxygens (including phenoxy) is 3. The highest BCUT2D eigenvalue weighted by Gasteiger charge is 2.47. The average molecular weight is 666 g/mol. The second-order valence-electron chi connectivity index (χ2n) is 11.7. The van der Waals surface area contributed by atoms with Crippen LogP contribution in [-0.4, -0.2) is 78.6 Å². The zero-order valence-corrected chi connectivity index (χ0v) is 29.4. The van der Waals surface area contributed by atoms with Gasteiger partial charge >= 0.3 is 11.9 Å². The second kappa shape index (κ2) is 25.5. The molecule has 3 N–H and O–H groups in total. The lowest BCUT2D eigenvalue weighted by Gasteiger charge is -2.30. The van der Waals surface area contributed by atoms with Crippen molar-refractivity contribution in [1.82, 2.24) is 5.32 Å². The molecule has 0 radical (unpaired) electrons. The summed E-state index contributed by atoms with van der Waals surface area (Å²) in [5.41, 5.74) is -1.67. The van der Waals surface area contributed by atoms with Gasteiger partial charge in [0.25, 0.3) is 0 Å². The number of amides is 1. The number of methoxy groups -OCH3 is 2. The molecule has 0 saturated heterocycles. The Balaban J connectivity index is 2.82. The van der Waals surface area contributed by atoms with Crippen LogP contribution in [0.4, 0.5) is 0 Å². The summed E-state index contributed by atoms with van der Waals surface area (Å²) in [6, 6.07) is 6.12. The molecule has 9 nitrogen and oxygen atoms in total. The quantitative estimate of drug-likeness (QED) is 0.0506. The van der Waals surface area contributed by atoms with Crippen LogP contribution in [0.1, 0.15) is 103 Å². The molecule has 0 aromatic heterocycles. The Labute approximate surface area is 281 Å². The van der Waals surface area contributed by atoms with Crippen molar-refractivity contribution in [2.75, 3.05) is 38.9 Å². The number of allylic oxidation sites excluding steroid dienone is 1. The molecule has 0 fully saturated rings. The minimum Gasteiger partial charge on any atom is -0.494 e. The number of hydrogen-bond donors (Lipinski definition) is 3. The molecule has 1 amide bonds. The summed E-state index contributed by atoms with van der Waals surface area (Å²) < 4.78 is 15.7. The van der Waals surface area contributed by atoms with Crippen molar-refractivity contribution in [2.24, 2.45) is 5.92 Å². The highest BCUT2D eigenvalue weighted by Crippen LogP contribution is 2.26. The van der Waals surface area contributed by atoms with Crippen LogP contribution < -0.4 is 10.1 Å². The maximum atomic E-state index is 13.6. The lowest BCUT2D eigenvalue weighted by molar-refractivity contribution is -0.169. The molecule has 1 rings (SSSR count). The molecular weight excluding hydrogens is 606 g/mol. The number of rotatable bonds is 28. The van der Waals surface area contributed by atoms with Crippen molar-refractivity contribution in [3.05, 3.63) is 42.0 Å². The van der Waals surface area contributed by atoms with Crippen LogP contribution in [0.3, 0.4) is 0 Å². The molecule has 0 heterocycles. The predicted octanol–water partition coefficient (Wildman–Crippen LogP) is 6.74. The Hall–Kier alpha value is -2.56. The van der Waals surface area contributed by atoms with Crippen molar-refractivity contribution in [3.8, 4) is 5.75 Å². The third kappa shape index (κ3) is 16.8. The fourth-order valence-electron chi connectivity index (χ4n) is 4.97. The maximum absolute atomic E-state index is 13.6. The van der Waals surface area contributed by atoms with Crippen molar-refractivity contribution in [3.63, 3.8) is 0 Å². The first-order valence-electron chi connectivity index (χ1n) is 17.0. The average Bonchev–Trinajstić information content (AvgIpc) is 3.05. The molecule has 1 aromatic rings. The Bertz CT molecular complexity index is 1000. The van der Waals surface area contributed by atoms with E-state index in [9.17, 15) is 24.6 Å². The Kier molecular flexibility index (Phi) is 23.0. The number of carboxylic acid groups (broad SMARTS) is 1. The number of carboxylic acids is 1. The summed E-state index contributed by atoms with van der Waals surface area (Å²) in [7, 11) is 2.62. The summed E-state index contributed by atoms with van der Waals surface area (Å²) in [4.78, 5) is 38.6. The molecular formula is C36H59NO8S. The number of aliphatic hydroxyl groups is 1. The SMILES string of the molecule is CCCCCCCSCCCCCC/C=C/[C@H](C(=O)N[C@@H](Cc1ccc(OCCCC)cc1)C(=O)OC)[C@@](O)(CCOC)C(=O)O. The Morgan fingerprint density at radius 1 is 0.891 bits per heavy atom. The summed E-state index contributed by atoms with van der Waals surface area (Å²) in [5.74, 6) is -1.35. The highest BCUT2D eigenvalue weighted by molar-refractivity contribution is 7.99. The van der Waals surface area contributed by atoms with E-state index in [1.807, 2.05) is 11.8 Å². The number of nitrogens with one attached hydrogen (secondary N) is 1. The lowest BCUT2D eigenvalue weighted by Crippen LogP contribution is -2.55. The van der Waals surface area contributed by atoms with Gasteiger partial charge in [0.1, 0.15) is 11.8 Å². The third-order valence-electron chi connectivity index (χ3n) is 7.92. The monoisotopic (exact) mass is 665 g/mol. The molecule has 1 aromatic carbocycles. The van der Waals surface area contributed by atoms with Crippen LogP contribution in [0.25, 0.3) is 0 Å². The van der Waals surface area contributed by atoms with Gasteiger partial charge in [0.2, 0.25) is 5.91 Å². The number of aliphatic carboxylic acids is 1. The van der Waals surface area contributed by atoms with Gasteiger partial charge in [-0.3, -0.25) is 4.79 Å². The summed E-state index contributed by atoms with van der Waals surface area (Å²) in [5, 5.41) is 23.9. The van der Waals surface area contributed by atoms with Gasteiger partial charge in [-0.05, 0) is 61.3 Å². The first kappa shape index (κ1) is 41.5. The number of thioether (sulfide) groups is 1. The van der Waals surface area contributed by atoms with Crippen LogP contribution in [0.15, 0.2) is 36.4 Å². The summed E-state index contributed by atoms with van der Waals surface area (Å²) in [6.07, 6.45) is 16.3. The maximum Gasteiger partial charge on any atom is 0.336 e. The van der Waals surface area contributed by atoms with Crippen molar-refractivity contribution >= 4 is 29.6 Å². The Morgan fingerprint density at radius 3 is 2.11 bits per heavy atom. The second-order valence-corrected chi connectivity index (χ2v) is 13.0. The molecule has 0 spiro atoms. The first-order valence-corrected chi connectivity index (χ1v) is 18.2. The van der Waals surface area contributed by atoms with Gasteiger partial charge in [0.15, 0.2) is 5.60 Å². The first-order chi connectivity index (χ1) is 22.2.